The molecule has 0 spiro atoms. The summed E-state index contributed by atoms with van der Waals surface area (Å²) in [6, 6.07) is 16.2. The first kappa shape index (κ1) is 17.5. The maximum atomic E-state index is 11.0. The van der Waals surface area contributed by atoms with Crippen LogP contribution in [-0.4, -0.2) is 29.7 Å². The summed E-state index contributed by atoms with van der Waals surface area (Å²) < 4.78 is 5.64. The Bertz CT molecular complexity index is 755. The first-order valence-electron chi connectivity index (χ1n) is 8.77. The summed E-state index contributed by atoms with van der Waals surface area (Å²) in [5, 5.41) is 11.0. The third kappa shape index (κ3) is 4.22. The molecule has 0 radical (unpaired) electrons. The molecule has 3 heteroatoms. The lowest BCUT2D eigenvalue weighted by atomic mass is 9.84. The van der Waals surface area contributed by atoms with Crippen molar-refractivity contribution in [3.63, 3.8) is 0 Å². The molecule has 0 aromatic heterocycles. The van der Waals surface area contributed by atoms with Crippen molar-refractivity contribution in [2.45, 2.75) is 31.9 Å². The van der Waals surface area contributed by atoms with E-state index in [4.69, 9.17) is 11.2 Å². The maximum absolute atomic E-state index is 11.0. The second-order valence-electron chi connectivity index (χ2n) is 6.78. The Morgan fingerprint density at radius 1 is 1.16 bits per heavy atom. The average Bonchev–Trinajstić information content (AvgIpc) is 2.63. The van der Waals surface area contributed by atoms with Crippen molar-refractivity contribution in [1.82, 2.24) is 4.90 Å². The molecular weight excluding hydrogens is 310 g/mol. The topological polar surface area (TPSA) is 32.7 Å². The average molecular weight is 335 g/mol. The molecule has 0 unspecified atom stereocenters. The van der Waals surface area contributed by atoms with Crippen LogP contribution in [0.25, 0.3) is 0 Å². The number of hydrogen-bond donors (Lipinski definition) is 1. The molecule has 0 amide bonds. The largest absolute Gasteiger partial charge is 0.481 e. The summed E-state index contributed by atoms with van der Waals surface area (Å²) >= 11 is 0. The highest BCUT2D eigenvalue weighted by Gasteiger charge is 2.34. The number of piperidine rings is 1. The second kappa shape index (κ2) is 7.74. The fourth-order valence-electron chi connectivity index (χ4n) is 3.44. The van der Waals surface area contributed by atoms with Crippen molar-refractivity contribution in [2.75, 3.05) is 19.7 Å². The molecule has 1 heterocycles. The fraction of sp³-hybridized carbons (Fsp3) is 0.364. The van der Waals surface area contributed by atoms with Gasteiger partial charge in [0.05, 0.1) is 5.60 Å². The van der Waals surface area contributed by atoms with Crippen molar-refractivity contribution in [2.24, 2.45) is 0 Å². The minimum Gasteiger partial charge on any atom is -0.481 e. The number of nitrogens with zero attached hydrogens (tertiary/aromatic N) is 1. The van der Waals surface area contributed by atoms with Crippen molar-refractivity contribution < 1.29 is 9.84 Å². The molecule has 3 rings (SSSR count). The number of rotatable bonds is 5. The smallest absolute Gasteiger partial charge is 0.148 e. The van der Waals surface area contributed by atoms with Gasteiger partial charge in [0.2, 0.25) is 0 Å². The molecule has 1 aliphatic heterocycles. The zero-order valence-electron chi connectivity index (χ0n) is 14.7. The SMILES string of the molecule is C#CCOc1ccccc1CN1CCC(O)(c2cccc(C)c2)CC1. The molecule has 1 fully saturated rings. The van der Waals surface area contributed by atoms with Crippen LogP contribution in [0.4, 0.5) is 0 Å². The van der Waals surface area contributed by atoms with Crippen LogP contribution in [-0.2, 0) is 12.1 Å². The highest BCUT2D eigenvalue weighted by molar-refractivity contribution is 5.34. The van der Waals surface area contributed by atoms with Crippen LogP contribution in [0.3, 0.4) is 0 Å². The number of likely N-dealkylation sites (tertiary alicyclic amines) is 1. The van der Waals surface area contributed by atoms with E-state index in [1.54, 1.807) is 0 Å². The molecule has 0 bridgehead atoms. The van der Waals surface area contributed by atoms with Crippen molar-refractivity contribution in [3.8, 4) is 18.1 Å². The zero-order valence-corrected chi connectivity index (χ0v) is 14.7. The number of hydrogen-bond acceptors (Lipinski definition) is 3. The van der Waals surface area contributed by atoms with E-state index >= 15 is 0 Å². The number of para-hydroxylation sites is 1. The summed E-state index contributed by atoms with van der Waals surface area (Å²) in [5.41, 5.74) is 2.64. The Balaban J connectivity index is 1.64. The van der Waals surface area contributed by atoms with Crippen LogP contribution in [0.2, 0.25) is 0 Å². The van der Waals surface area contributed by atoms with Gasteiger partial charge in [-0.15, -0.1) is 6.42 Å². The van der Waals surface area contributed by atoms with Crippen LogP contribution in [0.5, 0.6) is 5.75 Å². The highest BCUT2D eigenvalue weighted by Crippen LogP contribution is 2.34. The monoisotopic (exact) mass is 335 g/mol. The number of benzene rings is 2. The minimum absolute atomic E-state index is 0.282. The van der Waals surface area contributed by atoms with Gasteiger partial charge in [0.25, 0.3) is 0 Å². The van der Waals surface area contributed by atoms with E-state index < -0.39 is 5.60 Å². The van der Waals surface area contributed by atoms with Crippen LogP contribution >= 0.6 is 0 Å². The lowest BCUT2D eigenvalue weighted by molar-refractivity contribution is -0.0278. The molecule has 1 aliphatic rings. The molecule has 2 aromatic rings. The van der Waals surface area contributed by atoms with Crippen LogP contribution in [0.1, 0.15) is 29.5 Å². The highest BCUT2D eigenvalue weighted by atomic mass is 16.5. The lowest BCUT2D eigenvalue weighted by Gasteiger charge is -2.38. The Morgan fingerprint density at radius 3 is 2.64 bits per heavy atom. The minimum atomic E-state index is -0.720. The Hall–Kier alpha value is -2.28. The standard InChI is InChI=1S/C22H25NO2/c1-3-15-25-21-10-5-4-8-19(21)17-23-13-11-22(24,12-14-23)20-9-6-7-18(2)16-20/h1,4-10,16,24H,11-15,17H2,2H3. The van der Waals surface area contributed by atoms with Gasteiger partial charge in [0, 0.05) is 25.2 Å². The van der Waals surface area contributed by atoms with Gasteiger partial charge in [-0.25, -0.2) is 0 Å². The normalized spacial score (nSPS) is 17.0. The van der Waals surface area contributed by atoms with Gasteiger partial charge in [-0.3, -0.25) is 4.90 Å². The first-order valence-corrected chi connectivity index (χ1v) is 8.77. The maximum Gasteiger partial charge on any atom is 0.148 e. The molecule has 0 saturated carbocycles. The fourth-order valence-corrected chi connectivity index (χ4v) is 3.44. The number of aliphatic hydroxyl groups is 1. The van der Waals surface area contributed by atoms with Gasteiger partial charge in [-0.2, -0.15) is 0 Å². The van der Waals surface area contributed by atoms with E-state index in [9.17, 15) is 5.11 Å². The van der Waals surface area contributed by atoms with Gasteiger partial charge in [0.1, 0.15) is 12.4 Å². The Morgan fingerprint density at radius 2 is 1.92 bits per heavy atom. The Kier molecular flexibility index (Phi) is 5.43. The van der Waals surface area contributed by atoms with E-state index in [-0.39, 0.29) is 6.61 Å². The molecule has 1 N–H and O–H groups in total. The van der Waals surface area contributed by atoms with Crippen LogP contribution in [0, 0.1) is 19.3 Å². The number of ether oxygens (including phenoxy) is 1. The van der Waals surface area contributed by atoms with Crippen LogP contribution < -0.4 is 4.74 Å². The zero-order chi connectivity index (χ0) is 17.7. The van der Waals surface area contributed by atoms with E-state index in [1.807, 2.05) is 30.3 Å². The number of terminal acetylenes is 1. The van der Waals surface area contributed by atoms with Gasteiger partial charge in [0.15, 0.2) is 0 Å². The van der Waals surface area contributed by atoms with Gasteiger partial charge < -0.3 is 9.84 Å². The third-order valence-corrected chi connectivity index (χ3v) is 4.92. The molecule has 25 heavy (non-hydrogen) atoms. The van der Waals surface area contributed by atoms with Crippen molar-refractivity contribution >= 4 is 0 Å². The van der Waals surface area contributed by atoms with Crippen LogP contribution in [0.15, 0.2) is 48.5 Å². The van der Waals surface area contributed by atoms with Crippen molar-refractivity contribution in [3.05, 3.63) is 65.2 Å². The van der Waals surface area contributed by atoms with Gasteiger partial charge >= 0.3 is 0 Å². The molecule has 130 valence electrons. The summed E-state index contributed by atoms with van der Waals surface area (Å²) in [6.45, 7) is 4.87. The molecule has 1 saturated heterocycles. The summed E-state index contributed by atoms with van der Waals surface area (Å²) in [5.74, 6) is 3.36. The predicted molar refractivity (Wildman–Crippen MR) is 100 cm³/mol. The molecule has 3 nitrogen and oxygen atoms in total. The quantitative estimate of drug-likeness (QED) is 0.849. The predicted octanol–water partition coefficient (Wildman–Crippen LogP) is 3.49. The molecule has 0 aliphatic carbocycles. The van der Waals surface area contributed by atoms with E-state index in [0.29, 0.717) is 0 Å². The Labute approximate surface area is 150 Å². The summed E-state index contributed by atoms with van der Waals surface area (Å²) in [6.07, 6.45) is 6.77. The second-order valence-corrected chi connectivity index (χ2v) is 6.78. The molecule has 0 atom stereocenters. The summed E-state index contributed by atoms with van der Waals surface area (Å²) in [7, 11) is 0. The number of aryl methyl sites for hydroxylation is 1. The molecule has 2 aromatic carbocycles. The lowest BCUT2D eigenvalue weighted by Crippen LogP contribution is -2.42. The van der Waals surface area contributed by atoms with E-state index in [0.717, 1.165) is 49.4 Å². The van der Waals surface area contributed by atoms with E-state index in [1.165, 1.54) is 5.56 Å². The summed E-state index contributed by atoms with van der Waals surface area (Å²) in [4.78, 5) is 2.36. The van der Waals surface area contributed by atoms with Gasteiger partial charge in [-0.1, -0.05) is 53.9 Å². The van der Waals surface area contributed by atoms with Crippen molar-refractivity contribution in [1.29, 1.82) is 0 Å². The first-order chi connectivity index (χ1) is 12.1. The van der Waals surface area contributed by atoms with Gasteiger partial charge in [-0.05, 0) is 31.4 Å². The third-order valence-electron chi connectivity index (χ3n) is 4.92. The molecular formula is C22H25NO2. The van der Waals surface area contributed by atoms with E-state index in [2.05, 4.69) is 35.9 Å².